The Kier molecular flexibility index (Phi) is 3.69. The lowest BCUT2D eigenvalue weighted by atomic mass is 10.1. The Morgan fingerprint density at radius 1 is 1.18 bits per heavy atom. The molecule has 1 atom stereocenters. The highest BCUT2D eigenvalue weighted by Crippen LogP contribution is 2.44. The van der Waals surface area contributed by atoms with Crippen LogP contribution in [-0.2, 0) is 4.74 Å². The number of ether oxygens (including phenoxy) is 1. The molecule has 0 amide bonds. The van der Waals surface area contributed by atoms with Gasteiger partial charge in [0, 0.05) is 31.8 Å². The number of nitrogens with one attached hydrogen (secondary N) is 1. The third-order valence-electron chi connectivity index (χ3n) is 4.63. The van der Waals surface area contributed by atoms with Crippen LogP contribution in [0.3, 0.4) is 0 Å². The van der Waals surface area contributed by atoms with Crippen LogP contribution in [0.4, 0.5) is 0 Å². The molecule has 3 rings (SSSR count). The van der Waals surface area contributed by atoms with E-state index < -0.39 is 0 Å². The zero-order valence-corrected chi connectivity index (χ0v) is 11.0. The molecule has 0 radical (unpaired) electrons. The van der Waals surface area contributed by atoms with Gasteiger partial charge in [0.05, 0.1) is 6.61 Å². The minimum absolute atomic E-state index is 0.664. The molecule has 0 aromatic heterocycles. The fourth-order valence-corrected chi connectivity index (χ4v) is 3.09. The predicted octanol–water partition coefficient (Wildman–Crippen LogP) is 1.49. The Bertz CT molecular complexity index is 233. The molecule has 0 bridgehead atoms. The second-order valence-corrected chi connectivity index (χ2v) is 6.15. The molecule has 1 saturated heterocycles. The number of rotatable bonds is 7. The second-order valence-electron chi connectivity index (χ2n) is 6.15. The van der Waals surface area contributed by atoms with E-state index in [9.17, 15) is 0 Å². The Labute approximate surface area is 105 Å². The summed E-state index contributed by atoms with van der Waals surface area (Å²) in [5, 5.41) is 3.82. The van der Waals surface area contributed by atoms with Gasteiger partial charge < -0.3 is 10.1 Å². The molecule has 0 spiro atoms. The Balaban J connectivity index is 1.35. The summed E-state index contributed by atoms with van der Waals surface area (Å²) in [4.78, 5) is 2.47. The fourth-order valence-electron chi connectivity index (χ4n) is 3.09. The SMILES string of the molecule is CN(CCNC(C1CC1)C1CC1)C1CCOC1. The first-order chi connectivity index (χ1) is 8.34. The standard InChI is InChI=1S/C14H26N2O/c1-16(13-6-9-17-10-13)8-7-15-14(11-2-3-11)12-4-5-12/h11-15H,2-10H2,1H3. The third-order valence-corrected chi connectivity index (χ3v) is 4.63. The number of likely N-dealkylation sites (N-methyl/N-ethyl adjacent to an activating group) is 1. The molecule has 1 heterocycles. The minimum Gasteiger partial charge on any atom is -0.380 e. The van der Waals surface area contributed by atoms with Gasteiger partial charge in [-0.15, -0.1) is 0 Å². The average Bonchev–Trinajstić information content (AvgIpc) is 3.25. The highest BCUT2D eigenvalue weighted by molar-refractivity contribution is 4.96. The van der Waals surface area contributed by atoms with E-state index >= 15 is 0 Å². The largest absolute Gasteiger partial charge is 0.380 e. The summed E-state index contributed by atoms with van der Waals surface area (Å²) in [5.41, 5.74) is 0. The van der Waals surface area contributed by atoms with Crippen molar-refractivity contribution in [2.45, 2.75) is 44.2 Å². The van der Waals surface area contributed by atoms with Gasteiger partial charge in [-0.3, -0.25) is 4.90 Å². The van der Waals surface area contributed by atoms with Crippen molar-refractivity contribution in [1.29, 1.82) is 0 Å². The Hall–Kier alpha value is -0.120. The van der Waals surface area contributed by atoms with Crippen molar-refractivity contribution in [1.82, 2.24) is 10.2 Å². The van der Waals surface area contributed by atoms with Crippen LogP contribution in [-0.4, -0.2) is 50.3 Å². The monoisotopic (exact) mass is 238 g/mol. The van der Waals surface area contributed by atoms with Crippen molar-refractivity contribution in [3.8, 4) is 0 Å². The molecular weight excluding hydrogens is 212 g/mol. The maximum Gasteiger partial charge on any atom is 0.0622 e. The van der Waals surface area contributed by atoms with Crippen molar-refractivity contribution >= 4 is 0 Å². The molecule has 3 heteroatoms. The minimum atomic E-state index is 0.664. The highest BCUT2D eigenvalue weighted by atomic mass is 16.5. The van der Waals surface area contributed by atoms with E-state index in [0.29, 0.717) is 6.04 Å². The van der Waals surface area contributed by atoms with Crippen LogP contribution >= 0.6 is 0 Å². The van der Waals surface area contributed by atoms with Crippen LogP contribution in [0.5, 0.6) is 0 Å². The summed E-state index contributed by atoms with van der Waals surface area (Å²) in [6.45, 7) is 4.22. The van der Waals surface area contributed by atoms with Gasteiger partial charge in [-0.05, 0) is 51.0 Å². The average molecular weight is 238 g/mol. The summed E-state index contributed by atoms with van der Waals surface area (Å²) < 4.78 is 5.44. The van der Waals surface area contributed by atoms with E-state index in [4.69, 9.17) is 4.74 Å². The lowest BCUT2D eigenvalue weighted by molar-refractivity contribution is 0.158. The van der Waals surface area contributed by atoms with Crippen LogP contribution in [0.25, 0.3) is 0 Å². The number of hydrogen-bond donors (Lipinski definition) is 1. The van der Waals surface area contributed by atoms with Gasteiger partial charge in [0.15, 0.2) is 0 Å². The summed E-state index contributed by atoms with van der Waals surface area (Å²) in [6.07, 6.45) is 7.10. The molecule has 3 aliphatic rings. The zero-order chi connectivity index (χ0) is 11.7. The number of nitrogens with zero attached hydrogens (tertiary/aromatic N) is 1. The van der Waals surface area contributed by atoms with Gasteiger partial charge in [-0.25, -0.2) is 0 Å². The first-order valence-corrected chi connectivity index (χ1v) is 7.36. The summed E-state index contributed by atoms with van der Waals surface area (Å²) in [5.74, 6) is 2.03. The van der Waals surface area contributed by atoms with Gasteiger partial charge >= 0.3 is 0 Å². The maximum atomic E-state index is 5.44. The fraction of sp³-hybridized carbons (Fsp3) is 1.00. The van der Waals surface area contributed by atoms with Crippen LogP contribution in [0.1, 0.15) is 32.1 Å². The van der Waals surface area contributed by atoms with Crippen LogP contribution < -0.4 is 5.32 Å². The van der Waals surface area contributed by atoms with E-state index in [1.807, 2.05) is 0 Å². The lowest BCUT2D eigenvalue weighted by Gasteiger charge is -2.25. The van der Waals surface area contributed by atoms with Crippen molar-refractivity contribution in [3.63, 3.8) is 0 Å². The quantitative estimate of drug-likeness (QED) is 0.727. The first-order valence-electron chi connectivity index (χ1n) is 7.36. The van der Waals surface area contributed by atoms with E-state index in [0.717, 1.165) is 37.6 Å². The Morgan fingerprint density at radius 2 is 1.88 bits per heavy atom. The van der Waals surface area contributed by atoms with Crippen LogP contribution in [0.15, 0.2) is 0 Å². The topological polar surface area (TPSA) is 24.5 Å². The summed E-state index contributed by atoms with van der Waals surface area (Å²) in [7, 11) is 2.24. The molecule has 3 fully saturated rings. The molecule has 1 N–H and O–H groups in total. The van der Waals surface area contributed by atoms with Crippen molar-refractivity contribution in [2.75, 3.05) is 33.4 Å². The highest BCUT2D eigenvalue weighted by Gasteiger charge is 2.40. The van der Waals surface area contributed by atoms with Gasteiger partial charge in [0.25, 0.3) is 0 Å². The molecule has 2 saturated carbocycles. The zero-order valence-electron chi connectivity index (χ0n) is 11.0. The van der Waals surface area contributed by atoms with Gasteiger partial charge in [-0.2, -0.15) is 0 Å². The van der Waals surface area contributed by atoms with Gasteiger partial charge in [0.2, 0.25) is 0 Å². The molecule has 1 aliphatic heterocycles. The number of hydrogen-bond acceptors (Lipinski definition) is 3. The summed E-state index contributed by atoms with van der Waals surface area (Å²) in [6, 6.07) is 1.51. The van der Waals surface area contributed by atoms with Crippen LogP contribution in [0, 0.1) is 11.8 Å². The molecule has 2 aliphatic carbocycles. The van der Waals surface area contributed by atoms with E-state index in [1.54, 1.807) is 0 Å². The van der Waals surface area contributed by atoms with E-state index in [-0.39, 0.29) is 0 Å². The first kappa shape index (κ1) is 11.9. The van der Waals surface area contributed by atoms with Gasteiger partial charge in [0.1, 0.15) is 0 Å². The molecule has 0 aromatic rings. The van der Waals surface area contributed by atoms with Crippen molar-refractivity contribution < 1.29 is 4.74 Å². The molecule has 0 aromatic carbocycles. The maximum absolute atomic E-state index is 5.44. The molecule has 17 heavy (non-hydrogen) atoms. The molecular formula is C14H26N2O. The second kappa shape index (κ2) is 5.25. The molecule has 1 unspecified atom stereocenters. The van der Waals surface area contributed by atoms with Crippen molar-refractivity contribution in [2.24, 2.45) is 11.8 Å². The third kappa shape index (κ3) is 3.21. The lowest BCUT2D eigenvalue weighted by Crippen LogP contribution is -2.41. The Morgan fingerprint density at radius 3 is 2.41 bits per heavy atom. The smallest absolute Gasteiger partial charge is 0.0622 e. The van der Waals surface area contributed by atoms with E-state index in [2.05, 4.69) is 17.3 Å². The van der Waals surface area contributed by atoms with Crippen molar-refractivity contribution in [3.05, 3.63) is 0 Å². The van der Waals surface area contributed by atoms with E-state index in [1.165, 1.54) is 38.6 Å². The van der Waals surface area contributed by atoms with Gasteiger partial charge in [-0.1, -0.05) is 0 Å². The normalized spacial score (nSPS) is 29.5. The molecule has 98 valence electrons. The predicted molar refractivity (Wildman–Crippen MR) is 69.1 cm³/mol. The summed E-state index contributed by atoms with van der Waals surface area (Å²) >= 11 is 0. The van der Waals surface area contributed by atoms with Crippen LogP contribution in [0.2, 0.25) is 0 Å². The molecule has 3 nitrogen and oxygen atoms in total.